The fourth-order valence-electron chi connectivity index (χ4n) is 1.42. The summed E-state index contributed by atoms with van der Waals surface area (Å²) in [5.41, 5.74) is -0.943. The average Bonchev–Trinajstić information content (AvgIpc) is 2.46. The zero-order valence-corrected chi connectivity index (χ0v) is 10.1. The number of hydrogen-bond acceptors (Lipinski definition) is 3. The first-order chi connectivity index (χ1) is 6.64. The van der Waals surface area contributed by atoms with E-state index in [0.717, 1.165) is 0 Å². The van der Waals surface area contributed by atoms with E-state index in [1.165, 1.54) is 0 Å². The van der Waals surface area contributed by atoms with Crippen LogP contribution in [0.25, 0.3) is 0 Å². The third-order valence-corrected chi connectivity index (χ3v) is 2.21. The number of terminal acetylenes is 1. The van der Waals surface area contributed by atoms with Crippen LogP contribution in [0, 0.1) is 12.3 Å². The van der Waals surface area contributed by atoms with E-state index < -0.39 is 11.7 Å². The number of aliphatic hydroxyl groups is 1. The van der Waals surface area contributed by atoms with E-state index in [0.29, 0.717) is 6.42 Å². The van der Waals surface area contributed by atoms with Gasteiger partial charge in [0.25, 0.3) is 0 Å². The lowest BCUT2D eigenvalue weighted by molar-refractivity contribution is -0.0580. The molecule has 1 aliphatic rings. The summed E-state index contributed by atoms with van der Waals surface area (Å²) in [6, 6.07) is 0. The van der Waals surface area contributed by atoms with Crippen molar-refractivity contribution < 1.29 is 14.4 Å². The molecule has 0 bridgehead atoms. The number of aliphatic hydroxyl groups excluding tert-OH is 1. The van der Waals surface area contributed by atoms with E-state index in [-0.39, 0.29) is 12.7 Å². The average molecular weight is 218 g/mol. The summed E-state index contributed by atoms with van der Waals surface area (Å²) >= 11 is 0. The molecule has 4 atom stereocenters. The molecule has 0 aromatic carbocycles. The van der Waals surface area contributed by atoms with Crippen LogP contribution in [0.5, 0.6) is 0 Å². The number of rotatable bonds is 2. The van der Waals surface area contributed by atoms with E-state index in [4.69, 9.17) is 15.7 Å². The zero-order valence-electron chi connectivity index (χ0n) is 8.99. The molecule has 14 heavy (non-hydrogen) atoms. The van der Waals surface area contributed by atoms with Gasteiger partial charge in [-0.05, 0) is 6.92 Å². The number of hydrogen-bond donors (Lipinski definition) is 1. The van der Waals surface area contributed by atoms with Crippen molar-refractivity contribution in [1.29, 1.82) is 0 Å². The third-order valence-electron chi connectivity index (χ3n) is 2.05. The SMILES string of the molecule is C#CC1(COP)OC(C)CC1O.CC. The highest BCUT2D eigenvalue weighted by Gasteiger charge is 2.45. The second kappa shape index (κ2) is 6.37. The van der Waals surface area contributed by atoms with Crippen molar-refractivity contribution in [3.8, 4) is 12.3 Å². The Balaban J connectivity index is 0.000000791. The standard InChI is InChI=1S/C8H13O3P.C2H6/c1-3-8(5-10-12)7(9)4-6(2)11-8;1-2/h1,6-7,9H,4-5,12H2,2H3;1-2H3. The maximum absolute atomic E-state index is 9.58. The van der Waals surface area contributed by atoms with Gasteiger partial charge in [-0.15, -0.1) is 6.42 Å². The zero-order chi connectivity index (χ0) is 11.2. The molecule has 1 fully saturated rings. The van der Waals surface area contributed by atoms with E-state index in [1.54, 1.807) is 0 Å². The molecule has 1 aliphatic heterocycles. The van der Waals surface area contributed by atoms with E-state index >= 15 is 0 Å². The minimum absolute atomic E-state index is 0.00352. The highest BCUT2D eigenvalue weighted by Crippen LogP contribution is 2.30. The summed E-state index contributed by atoms with van der Waals surface area (Å²) in [5.74, 6) is 2.45. The molecule has 82 valence electrons. The Kier molecular flexibility index (Phi) is 6.31. The first-order valence-electron chi connectivity index (χ1n) is 4.80. The Morgan fingerprint density at radius 1 is 1.71 bits per heavy atom. The Hall–Kier alpha value is -0.130. The Bertz CT molecular complexity index is 202. The van der Waals surface area contributed by atoms with Gasteiger partial charge >= 0.3 is 0 Å². The van der Waals surface area contributed by atoms with Crippen molar-refractivity contribution in [3.63, 3.8) is 0 Å². The van der Waals surface area contributed by atoms with Gasteiger partial charge in [-0.25, -0.2) is 0 Å². The molecule has 0 radical (unpaired) electrons. The monoisotopic (exact) mass is 218 g/mol. The van der Waals surface area contributed by atoms with Crippen molar-refractivity contribution in [1.82, 2.24) is 0 Å². The van der Waals surface area contributed by atoms with Gasteiger partial charge in [-0.3, -0.25) is 0 Å². The summed E-state index contributed by atoms with van der Waals surface area (Å²) in [5, 5.41) is 9.58. The van der Waals surface area contributed by atoms with Crippen LogP contribution in [0.4, 0.5) is 0 Å². The van der Waals surface area contributed by atoms with Crippen molar-refractivity contribution in [2.24, 2.45) is 0 Å². The van der Waals surface area contributed by atoms with Crippen LogP contribution >= 0.6 is 9.47 Å². The fourth-order valence-corrected chi connectivity index (χ4v) is 1.66. The van der Waals surface area contributed by atoms with Crippen LogP contribution in [0.15, 0.2) is 0 Å². The predicted octanol–water partition coefficient (Wildman–Crippen LogP) is 1.36. The molecule has 0 amide bonds. The van der Waals surface area contributed by atoms with Gasteiger partial charge in [0, 0.05) is 15.9 Å². The first-order valence-corrected chi connectivity index (χ1v) is 5.27. The predicted molar refractivity (Wildman–Crippen MR) is 59.7 cm³/mol. The molecule has 0 spiro atoms. The minimum atomic E-state index is -0.943. The normalized spacial score (nSPS) is 35.7. The van der Waals surface area contributed by atoms with Gasteiger partial charge in [-0.2, -0.15) is 0 Å². The largest absolute Gasteiger partial charge is 0.389 e. The summed E-state index contributed by atoms with van der Waals surface area (Å²) in [4.78, 5) is 0. The van der Waals surface area contributed by atoms with Crippen molar-refractivity contribution in [2.75, 3.05) is 6.61 Å². The van der Waals surface area contributed by atoms with Gasteiger partial charge in [0.1, 0.15) is 0 Å². The van der Waals surface area contributed by atoms with Crippen molar-refractivity contribution in [3.05, 3.63) is 0 Å². The van der Waals surface area contributed by atoms with Gasteiger partial charge in [-0.1, -0.05) is 19.8 Å². The van der Waals surface area contributed by atoms with Crippen molar-refractivity contribution >= 4 is 9.47 Å². The van der Waals surface area contributed by atoms with Gasteiger partial charge in [0.2, 0.25) is 0 Å². The second-order valence-corrected chi connectivity index (χ2v) is 3.36. The molecule has 4 heteroatoms. The van der Waals surface area contributed by atoms with Crippen molar-refractivity contribution in [2.45, 2.75) is 45.0 Å². The quantitative estimate of drug-likeness (QED) is 0.562. The lowest BCUT2D eigenvalue weighted by Gasteiger charge is -2.24. The first kappa shape index (κ1) is 13.9. The van der Waals surface area contributed by atoms with E-state index in [2.05, 4.69) is 15.4 Å². The molecule has 1 rings (SSSR count). The van der Waals surface area contributed by atoms with Crippen LogP contribution in [0.1, 0.15) is 27.2 Å². The third kappa shape index (κ3) is 2.93. The molecule has 0 aromatic heterocycles. The lowest BCUT2D eigenvalue weighted by Crippen LogP contribution is -2.41. The minimum Gasteiger partial charge on any atom is -0.389 e. The summed E-state index contributed by atoms with van der Waals surface area (Å²) < 4.78 is 10.3. The van der Waals surface area contributed by atoms with Gasteiger partial charge < -0.3 is 14.4 Å². The topological polar surface area (TPSA) is 38.7 Å². The summed E-state index contributed by atoms with van der Waals surface area (Å²) in [7, 11) is 2.10. The molecular formula is C10H19O3P. The Labute approximate surface area is 88.5 Å². The molecule has 0 aliphatic carbocycles. The maximum atomic E-state index is 9.58. The van der Waals surface area contributed by atoms with Gasteiger partial charge in [0.05, 0.1) is 18.8 Å². The molecule has 1 heterocycles. The molecule has 3 nitrogen and oxygen atoms in total. The highest BCUT2D eigenvalue weighted by molar-refractivity contribution is 7.09. The molecular weight excluding hydrogens is 199 g/mol. The Morgan fingerprint density at radius 2 is 2.29 bits per heavy atom. The highest BCUT2D eigenvalue weighted by atomic mass is 31.0. The summed E-state index contributed by atoms with van der Waals surface area (Å²) in [6.07, 6.45) is 5.22. The molecule has 1 saturated heterocycles. The van der Waals surface area contributed by atoms with Crippen LogP contribution in [0.2, 0.25) is 0 Å². The molecule has 1 N–H and O–H groups in total. The van der Waals surface area contributed by atoms with Crippen LogP contribution in [-0.2, 0) is 9.26 Å². The van der Waals surface area contributed by atoms with E-state index in [9.17, 15) is 5.11 Å². The summed E-state index contributed by atoms with van der Waals surface area (Å²) in [6.45, 7) is 6.09. The van der Waals surface area contributed by atoms with Gasteiger partial charge in [0.15, 0.2) is 5.60 Å². The second-order valence-electron chi connectivity index (χ2n) is 3.02. The van der Waals surface area contributed by atoms with Crippen LogP contribution in [0.3, 0.4) is 0 Å². The smallest absolute Gasteiger partial charge is 0.177 e. The molecule has 0 saturated carbocycles. The Morgan fingerprint density at radius 3 is 2.57 bits per heavy atom. The maximum Gasteiger partial charge on any atom is 0.177 e. The fraction of sp³-hybridized carbons (Fsp3) is 0.800. The molecule has 0 aromatic rings. The molecule has 4 unspecified atom stereocenters. The van der Waals surface area contributed by atoms with Crippen LogP contribution < -0.4 is 0 Å². The number of ether oxygens (including phenoxy) is 1. The van der Waals surface area contributed by atoms with E-state index in [1.807, 2.05) is 20.8 Å². The van der Waals surface area contributed by atoms with Crippen LogP contribution in [-0.4, -0.2) is 29.5 Å². The lowest BCUT2D eigenvalue weighted by atomic mass is 9.99.